The number of methoxy groups -OCH3 is 1. The Labute approximate surface area is 154 Å². The Morgan fingerprint density at radius 2 is 2.12 bits per heavy atom. The van der Waals surface area contributed by atoms with Crippen molar-refractivity contribution in [3.05, 3.63) is 36.0 Å². The van der Waals surface area contributed by atoms with Gasteiger partial charge in [0.15, 0.2) is 9.84 Å². The Morgan fingerprint density at radius 3 is 2.77 bits per heavy atom. The average Bonchev–Trinajstić information content (AvgIpc) is 2.95. The van der Waals surface area contributed by atoms with Crippen molar-refractivity contribution >= 4 is 27.3 Å². The summed E-state index contributed by atoms with van der Waals surface area (Å²) in [5.74, 6) is 2.37. The molecular weight excluding hydrogens is 352 g/mol. The molecular formula is C18H24N4O3S. The molecule has 0 radical (unpaired) electrons. The molecule has 1 atom stereocenters. The highest BCUT2D eigenvalue weighted by molar-refractivity contribution is 7.91. The molecule has 1 aliphatic rings. The molecule has 0 spiro atoms. The largest absolute Gasteiger partial charge is 0.497 e. The normalized spacial score (nSPS) is 18.5. The Morgan fingerprint density at radius 1 is 1.31 bits per heavy atom. The maximum atomic E-state index is 11.8. The van der Waals surface area contributed by atoms with E-state index in [0.29, 0.717) is 24.7 Å². The molecule has 0 amide bonds. The molecule has 0 aliphatic carbocycles. The molecule has 3 rings (SSSR count). The van der Waals surface area contributed by atoms with Crippen LogP contribution in [0, 0.1) is 6.92 Å². The number of benzene rings is 1. The van der Waals surface area contributed by atoms with Crippen molar-refractivity contribution < 1.29 is 13.2 Å². The number of anilines is 3. The maximum absolute atomic E-state index is 11.8. The van der Waals surface area contributed by atoms with Crippen molar-refractivity contribution in [1.82, 2.24) is 9.97 Å². The van der Waals surface area contributed by atoms with Gasteiger partial charge in [-0.25, -0.2) is 13.4 Å². The molecule has 7 nitrogen and oxygen atoms in total. The van der Waals surface area contributed by atoms with E-state index in [1.54, 1.807) is 7.11 Å². The number of nitrogens with zero attached hydrogens (tertiary/aromatic N) is 3. The van der Waals surface area contributed by atoms with Crippen molar-refractivity contribution in [2.24, 2.45) is 0 Å². The van der Waals surface area contributed by atoms with Crippen LogP contribution in [-0.2, 0) is 9.84 Å². The minimum Gasteiger partial charge on any atom is -0.497 e. The molecule has 140 valence electrons. The molecule has 1 unspecified atom stereocenters. The zero-order chi connectivity index (χ0) is 18.7. The number of aromatic nitrogens is 2. The van der Waals surface area contributed by atoms with Gasteiger partial charge in [-0.15, -0.1) is 0 Å². The number of aryl methyl sites for hydroxylation is 1. The highest BCUT2D eigenvalue weighted by Gasteiger charge is 2.33. The molecule has 1 aromatic heterocycles. The Bertz CT molecular complexity index is 886. The summed E-state index contributed by atoms with van der Waals surface area (Å²) >= 11 is 0. The third-order valence-electron chi connectivity index (χ3n) is 4.43. The van der Waals surface area contributed by atoms with Gasteiger partial charge in [0.05, 0.1) is 18.6 Å². The van der Waals surface area contributed by atoms with Gasteiger partial charge in [-0.05, 0) is 32.4 Å². The van der Waals surface area contributed by atoms with E-state index >= 15 is 0 Å². The molecule has 1 saturated heterocycles. The number of nitrogens with one attached hydrogen (secondary N) is 1. The summed E-state index contributed by atoms with van der Waals surface area (Å²) in [6.45, 7) is 4.55. The molecule has 1 N–H and O–H groups in total. The van der Waals surface area contributed by atoms with Gasteiger partial charge < -0.3 is 15.0 Å². The molecule has 1 aliphatic heterocycles. The standard InChI is InChI=1S/C18H24N4O3S/c1-4-22(15-8-9-26(23,24)12-15)18-19-13(2)10-17(21-18)20-14-6-5-7-16(11-14)25-3/h5-7,10-11,15H,4,8-9,12H2,1-3H3,(H,19,20,21). The smallest absolute Gasteiger partial charge is 0.227 e. The fraction of sp³-hybridized carbons (Fsp3) is 0.444. The van der Waals surface area contributed by atoms with E-state index in [9.17, 15) is 8.42 Å². The van der Waals surface area contributed by atoms with Crippen molar-refractivity contribution in [3.63, 3.8) is 0 Å². The summed E-state index contributed by atoms with van der Waals surface area (Å²) < 4.78 is 28.9. The first-order chi connectivity index (χ1) is 12.4. The minimum atomic E-state index is -2.96. The van der Waals surface area contributed by atoms with Crippen molar-refractivity contribution in [3.8, 4) is 5.75 Å². The van der Waals surface area contributed by atoms with Gasteiger partial charge in [0.2, 0.25) is 5.95 Å². The quantitative estimate of drug-likeness (QED) is 0.829. The predicted molar refractivity (Wildman–Crippen MR) is 103 cm³/mol. The maximum Gasteiger partial charge on any atom is 0.227 e. The zero-order valence-electron chi connectivity index (χ0n) is 15.3. The van der Waals surface area contributed by atoms with Crippen LogP contribution < -0.4 is 15.0 Å². The van der Waals surface area contributed by atoms with Crippen LogP contribution >= 0.6 is 0 Å². The molecule has 1 fully saturated rings. The monoisotopic (exact) mass is 376 g/mol. The van der Waals surface area contributed by atoms with Gasteiger partial charge in [0.1, 0.15) is 11.6 Å². The molecule has 0 saturated carbocycles. The summed E-state index contributed by atoms with van der Waals surface area (Å²) in [4.78, 5) is 11.1. The first-order valence-electron chi connectivity index (χ1n) is 8.64. The first kappa shape index (κ1) is 18.4. The second-order valence-corrected chi connectivity index (χ2v) is 8.62. The predicted octanol–water partition coefficient (Wildman–Crippen LogP) is 2.55. The second-order valence-electron chi connectivity index (χ2n) is 6.39. The van der Waals surface area contributed by atoms with Crippen LogP contribution in [0.2, 0.25) is 0 Å². The Kier molecular flexibility index (Phi) is 5.31. The van der Waals surface area contributed by atoms with E-state index in [-0.39, 0.29) is 17.5 Å². The van der Waals surface area contributed by atoms with Crippen LogP contribution in [0.25, 0.3) is 0 Å². The molecule has 0 bridgehead atoms. The Balaban J connectivity index is 1.86. The summed E-state index contributed by atoms with van der Waals surface area (Å²) in [5, 5.41) is 3.27. The van der Waals surface area contributed by atoms with E-state index in [2.05, 4.69) is 15.3 Å². The van der Waals surface area contributed by atoms with Gasteiger partial charge in [-0.2, -0.15) is 4.98 Å². The van der Waals surface area contributed by atoms with Crippen LogP contribution in [0.3, 0.4) is 0 Å². The van der Waals surface area contributed by atoms with Crippen LogP contribution in [0.5, 0.6) is 5.75 Å². The van der Waals surface area contributed by atoms with Crippen LogP contribution in [0.4, 0.5) is 17.5 Å². The van der Waals surface area contributed by atoms with Crippen LogP contribution in [0.15, 0.2) is 30.3 Å². The van der Waals surface area contributed by atoms with Gasteiger partial charge in [0, 0.05) is 36.1 Å². The number of hydrogen-bond acceptors (Lipinski definition) is 7. The lowest BCUT2D eigenvalue weighted by Gasteiger charge is -2.27. The van der Waals surface area contributed by atoms with Crippen molar-refractivity contribution in [2.45, 2.75) is 26.3 Å². The highest BCUT2D eigenvalue weighted by Crippen LogP contribution is 2.25. The second kappa shape index (κ2) is 7.49. The van der Waals surface area contributed by atoms with Gasteiger partial charge >= 0.3 is 0 Å². The van der Waals surface area contributed by atoms with E-state index in [4.69, 9.17) is 4.74 Å². The molecule has 26 heavy (non-hydrogen) atoms. The minimum absolute atomic E-state index is 0.0727. The SMILES string of the molecule is CCN(c1nc(C)cc(Nc2cccc(OC)c2)n1)C1CCS(=O)(=O)C1. The third-order valence-corrected chi connectivity index (χ3v) is 6.18. The van der Waals surface area contributed by atoms with Crippen molar-refractivity contribution in [1.29, 1.82) is 0 Å². The molecule has 1 aromatic carbocycles. The lowest BCUT2D eigenvalue weighted by molar-refractivity contribution is 0.415. The molecule has 2 heterocycles. The molecule has 8 heteroatoms. The first-order valence-corrected chi connectivity index (χ1v) is 10.5. The van der Waals surface area contributed by atoms with Crippen LogP contribution in [0.1, 0.15) is 19.0 Å². The number of ether oxygens (including phenoxy) is 1. The average molecular weight is 376 g/mol. The number of hydrogen-bond donors (Lipinski definition) is 1. The lowest BCUT2D eigenvalue weighted by Crippen LogP contribution is -2.37. The number of rotatable bonds is 6. The zero-order valence-corrected chi connectivity index (χ0v) is 16.1. The van der Waals surface area contributed by atoms with E-state index in [1.165, 1.54) is 0 Å². The Hall–Kier alpha value is -2.35. The lowest BCUT2D eigenvalue weighted by atomic mass is 10.2. The topological polar surface area (TPSA) is 84.4 Å². The highest BCUT2D eigenvalue weighted by atomic mass is 32.2. The van der Waals surface area contributed by atoms with Crippen molar-refractivity contribution in [2.75, 3.05) is 35.4 Å². The summed E-state index contributed by atoms with van der Waals surface area (Å²) in [5.41, 5.74) is 1.68. The molecule has 2 aromatic rings. The van der Waals surface area contributed by atoms with Crippen LogP contribution in [-0.4, -0.2) is 49.6 Å². The number of sulfone groups is 1. The summed E-state index contributed by atoms with van der Waals surface area (Å²) in [6.07, 6.45) is 0.617. The van der Waals surface area contributed by atoms with Gasteiger partial charge in [-0.3, -0.25) is 0 Å². The van der Waals surface area contributed by atoms with E-state index in [1.807, 2.05) is 49.1 Å². The fourth-order valence-electron chi connectivity index (χ4n) is 3.18. The van der Waals surface area contributed by atoms with Gasteiger partial charge in [-0.1, -0.05) is 6.07 Å². The summed E-state index contributed by atoms with van der Waals surface area (Å²) in [7, 11) is -1.34. The van der Waals surface area contributed by atoms with E-state index in [0.717, 1.165) is 17.1 Å². The third kappa shape index (κ3) is 4.24. The van der Waals surface area contributed by atoms with E-state index < -0.39 is 9.84 Å². The summed E-state index contributed by atoms with van der Waals surface area (Å²) in [6, 6.07) is 9.39. The van der Waals surface area contributed by atoms with Gasteiger partial charge in [0.25, 0.3) is 0 Å². The fourth-order valence-corrected chi connectivity index (χ4v) is 4.91.